The van der Waals surface area contributed by atoms with Crippen LogP contribution in [0, 0.1) is 0 Å². The van der Waals surface area contributed by atoms with Gasteiger partial charge in [-0.25, -0.2) is 0 Å². The molecule has 2 aliphatic carbocycles. The zero-order valence-electron chi connectivity index (χ0n) is 33.5. The summed E-state index contributed by atoms with van der Waals surface area (Å²) in [5, 5.41) is 11.3. The number of benzene rings is 9. The van der Waals surface area contributed by atoms with Gasteiger partial charge in [-0.05, 0) is 129 Å². The molecule has 0 N–H and O–H groups in total. The van der Waals surface area contributed by atoms with E-state index >= 15 is 0 Å². The van der Waals surface area contributed by atoms with E-state index < -0.39 is 5.41 Å². The van der Waals surface area contributed by atoms with Crippen molar-refractivity contribution in [2.45, 2.75) is 5.41 Å². The van der Waals surface area contributed by atoms with E-state index in [1.54, 1.807) is 0 Å². The lowest BCUT2D eigenvalue weighted by molar-refractivity contribution is 0.584. The number of nitrogens with zero attached hydrogens (tertiary/aromatic N) is 4. The molecule has 5 heteroatoms. The molecule has 5 nitrogen and oxygen atoms in total. The zero-order chi connectivity index (χ0) is 40.8. The first-order valence-electron chi connectivity index (χ1n) is 21.1. The summed E-state index contributed by atoms with van der Waals surface area (Å²) in [6.45, 7) is 0. The number of aromatic nitrogens is 3. The number of hydrogen-bond acceptors (Lipinski definition) is 4. The molecule has 1 spiro atoms. The number of fused-ring (bicyclic) bond motifs is 13. The third kappa shape index (κ3) is 4.90. The van der Waals surface area contributed by atoms with Gasteiger partial charge in [0.05, 0.1) is 16.4 Å². The van der Waals surface area contributed by atoms with Crippen molar-refractivity contribution in [3.63, 3.8) is 0 Å². The molecular formula is C57H36N4O. The van der Waals surface area contributed by atoms with Gasteiger partial charge >= 0.3 is 0 Å². The van der Waals surface area contributed by atoms with Crippen LogP contribution in [0.2, 0.25) is 0 Å². The molecule has 0 saturated heterocycles. The second kappa shape index (κ2) is 13.4. The van der Waals surface area contributed by atoms with E-state index in [1.165, 1.54) is 66.3 Å². The van der Waals surface area contributed by atoms with Crippen molar-refractivity contribution in [3.8, 4) is 50.8 Å². The molecular weight excluding hydrogens is 757 g/mol. The van der Waals surface area contributed by atoms with Crippen LogP contribution in [0.15, 0.2) is 223 Å². The summed E-state index contributed by atoms with van der Waals surface area (Å²) in [4.78, 5) is 2.37. The maximum atomic E-state index is 6.19. The minimum atomic E-state index is -0.459. The molecule has 0 fully saturated rings. The Bertz CT molecular complexity index is 3410. The van der Waals surface area contributed by atoms with Crippen LogP contribution in [0.1, 0.15) is 22.3 Å². The summed E-state index contributed by atoms with van der Waals surface area (Å²) in [6, 6.07) is 78.6. The second-order valence-corrected chi connectivity index (χ2v) is 16.2. The van der Waals surface area contributed by atoms with Crippen molar-refractivity contribution in [1.82, 2.24) is 14.8 Å². The lowest BCUT2D eigenvalue weighted by Crippen LogP contribution is -2.26. The van der Waals surface area contributed by atoms with Crippen molar-refractivity contribution in [2.75, 3.05) is 4.90 Å². The van der Waals surface area contributed by atoms with Crippen LogP contribution in [-0.2, 0) is 5.41 Å². The maximum absolute atomic E-state index is 6.19. The molecule has 0 radical (unpaired) electrons. The zero-order valence-corrected chi connectivity index (χ0v) is 33.5. The summed E-state index contributed by atoms with van der Waals surface area (Å²) in [6.07, 6.45) is 0. The molecule has 0 aliphatic heterocycles. The Kier molecular flexibility index (Phi) is 7.45. The van der Waals surface area contributed by atoms with Gasteiger partial charge in [0, 0.05) is 44.6 Å². The van der Waals surface area contributed by atoms with Gasteiger partial charge in [-0.3, -0.25) is 0 Å². The topological polar surface area (TPSA) is 47.1 Å². The van der Waals surface area contributed by atoms with E-state index in [0.29, 0.717) is 11.8 Å². The van der Waals surface area contributed by atoms with Crippen molar-refractivity contribution in [2.24, 2.45) is 0 Å². The molecule has 2 aliphatic rings. The van der Waals surface area contributed by atoms with Gasteiger partial charge in [-0.15, -0.1) is 10.2 Å². The normalized spacial score (nSPS) is 13.0. The first kappa shape index (κ1) is 34.6. The molecule has 2 heterocycles. The van der Waals surface area contributed by atoms with E-state index in [0.717, 1.165) is 33.9 Å². The van der Waals surface area contributed by atoms with E-state index in [9.17, 15) is 0 Å². The van der Waals surface area contributed by atoms with Crippen LogP contribution in [0.5, 0.6) is 0 Å². The number of para-hydroxylation sites is 2. The lowest BCUT2D eigenvalue weighted by atomic mass is 9.70. The standard InChI is InChI=1S/C57H36N4O/c1-2-14-37(15-3-1)55-58-59-56(62-55)38-26-28-39(29-27-38)60(40-30-32-41(33-31-40)61-53-24-12-7-19-47(53)48-20-8-13-25-54(48)61)42-34-35-46-45-18-6-11-23-51(45)57(52(46)36-42)49-21-9-4-16-43(49)44-17-5-10-22-50(44)57/h1-36H. The van der Waals surface area contributed by atoms with Crippen molar-refractivity contribution in [1.29, 1.82) is 0 Å². The highest BCUT2D eigenvalue weighted by Gasteiger charge is 2.51. The number of hydrogen-bond donors (Lipinski definition) is 0. The molecule has 2 aromatic heterocycles. The van der Waals surface area contributed by atoms with Crippen LogP contribution in [0.3, 0.4) is 0 Å². The average Bonchev–Trinajstić information content (AvgIpc) is 4.11. The van der Waals surface area contributed by atoms with E-state index in [4.69, 9.17) is 4.42 Å². The van der Waals surface area contributed by atoms with Crippen LogP contribution < -0.4 is 4.90 Å². The molecule has 290 valence electrons. The Morgan fingerprint density at radius 1 is 0.371 bits per heavy atom. The van der Waals surface area contributed by atoms with Gasteiger partial charge in [-0.1, -0.05) is 133 Å². The van der Waals surface area contributed by atoms with Gasteiger partial charge in [0.1, 0.15) is 0 Å². The van der Waals surface area contributed by atoms with Gasteiger partial charge in [0.2, 0.25) is 11.8 Å². The fourth-order valence-corrected chi connectivity index (χ4v) is 10.4. The summed E-state index contributed by atoms with van der Waals surface area (Å²) >= 11 is 0. The average molecular weight is 793 g/mol. The van der Waals surface area contributed by atoms with Crippen LogP contribution in [0.25, 0.3) is 72.7 Å². The molecule has 0 atom stereocenters. The molecule has 11 aromatic rings. The van der Waals surface area contributed by atoms with Crippen LogP contribution in [0.4, 0.5) is 17.1 Å². The first-order valence-corrected chi connectivity index (χ1v) is 21.1. The van der Waals surface area contributed by atoms with Gasteiger partial charge in [0.25, 0.3) is 0 Å². The number of anilines is 3. The van der Waals surface area contributed by atoms with E-state index in [-0.39, 0.29) is 0 Å². The minimum Gasteiger partial charge on any atom is -0.416 e. The third-order valence-corrected chi connectivity index (χ3v) is 13.0. The highest BCUT2D eigenvalue weighted by molar-refractivity contribution is 6.09. The smallest absolute Gasteiger partial charge is 0.248 e. The Morgan fingerprint density at radius 2 is 0.806 bits per heavy atom. The Hall–Kier alpha value is -8.28. The fraction of sp³-hybridized carbons (Fsp3) is 0.0175. The Labute approximate surface area is 358 Å². The quantitative estimate of drug-likeness (QED) is 0.168. The molecule has 0 amide bonds. The predicted molar refractivity (Wildman–Crippen MR) is 250 cm³/mol. The summed E-state index contributed by atoms with van der Waals surface area (Å²) in [7, 11) is 0. The minimum absolute atomic E-state index is 0.459. The first-order chi connectivity index (χ1) is 30.8. The van der Waals surface area contributed by atoms with Crippen LogP contribution in [-0.4, -0.2) is 14.8 Å². The molecule has 13 rings (SSSR count). The molecule has 0 saturated carbocycles. The fourth-order valence-electron chi connectivity index (χ4n) is 10.4. The Morgan fingerprint density at radius 3 is 1.37 bits per heavy atom. The summed E-state index contributed by atoms with van der Waals surface area (Å²) in [5.74, 6) is 0.978. The SMILES string of the molecule is c1ccc(-c2nnc(-c3ccc(N(c4ccc(-n5c6ccccc6c6ccccc65)cc4)c4ccc5c(c4)C4(c6ccccc6-c6ccccc64)c4ccccc4-5)cc3)o2)cc1. The van der Waals surface area contributed by atoms with Gasteiger partial charge in [-0.2, -0.15) is 0 Å². The predicted octanol–water partition coefficient (Wildman–Crippen LogP) is 14.3. The number of rotatable bonds is 6. The molecule has 0 bridgehead atoms. The summed E-state index contributed by atoms with van der Waals surface area (Å²) in [5.41, 5.74) is 18.3. The van der Waals surface area contributed by atoms with E-state index in [2.05, 4.69) is 208 Å². The molecule has 0 unspecified atom stereocenters. The molecule has 62 heavy (non-hydrogen) atoms. The van der Waals surface area contributed by atoms with E-state index in [1.807, 2.05) is 30.3 Å². The van der Waals surface area contributed by atoms with Crippen molar-refractivity contribution >= 4 is 38.9 Å². The van der Waals surface area contributed by atoms with Gasteiger partial charge < -0.3 is 13.9 Å². The summed E-state index contributed by atoms with van der Waals surface area (Å²) < 4.78 is 8.56. The van der Waals surface area contributed by atoms with Crippen molar-refractivity contribution < 1.29 is 4.42 Å². The van der Waals surface area contributed by atoms with Crippen molar-refractivity contribution in [3.05, 3.63) is 241 Å². The molecule has 9 aromatic carbocycles. The van der Waals surface area contributed by atoms with Gasteiger partial charge in [0.15, 0.2) is 0 Å². The monoisotopic (exact) mass is 792 g/mol. The Balaban J connectivity index is 0.987. The second-order valence-electron chi connectivity index (χ2n) is 16.2. The highest BCUT2D eigenvalue weighted by Crippen LogP contribution is 2.63. The highest BCUT2D eigenvalue weighted by atomic mass is 16.4. The lowest BCUT2D eigenvalue weighted by Gasteiger charge is -2.32. The third-order valence-electron chi connectivity index (χ3n) is 13.0. The largest absolute Gasteiger partial charge is 0.416 e. The van der Waals surface area contributed by atoms with Crippen LogP contribution >= 0.6 is 0 Å². The maximum Gasteiger partial charge on any atom is 0.248 e.